The van der Waals surface area contributed by atoms with Gasteiger partial charge in [0.05, 0.1) is 5.56 Å². The van der Waals surface area contributed by atoms with Crippen LogP contribution in [0.3, 0.4) is 0 Å². The number of carboxylic acid groups (broad SMARTS) is 1. The average Bonchev–Trinajstić information content (AvgIpc) is 2.79. The van der Waals surface area contributed by atoms with E-state index >= 15 is 0 Å². The molecule has 4 N–H and O–H groups in total. The molecule has 32 heavy (non-hydrogen) atoms. The van der Waals surface area contributed by atoms with Crippen molar-refractivity contribution in [1.82, 2.24) is 0 Å². The summed E-state index contributed by atoms with van der Waals surface area (Å²) in [6.07, 6.45) is 1.10. The van der Waals surface area contributed by atoms with Crippen molar-refractivity contribution in [2.24, 2.45) is 5.73 Å². The molecule has 5 nitrogen and oxygen atoms in total. The fourth-order valence-electron chi connectivity index (χ4n) is 2.83. The first kappa shape index (κ1) is 28.5. The normalized spacial score (nSPS) is 9.78. The molecular formula is C24H26FKN3O2S-. The minimum atomic E-state index is -1.32. The van der Waals surface area contributed by atoms with Crippen molar-refractivity contribution in [3.8, 4) is 11.1 Å². The predicted molar refractivity (Wildman–Crippen MR) is 127 cm³/mol. The van der Waals surface area contributed by atoms with Crippen LogP contribution in [0.15, 0.2) is 65.6 Å². The van der Waals surface area contributed by atoms with Crippen molar-refractivity contribution >= 4 is 35.7 Å². The molecule has 3 aromatic rings. The summed E-state index contributed by atoms with van der Waals surface area (Å²) >= 11 is 5.53. The Morgan fingerprint density at radius 3 is 2.34 bits per heavy atom. The minimum Gasteiger partial charge on any atom is -0.778 e. The van der Waals surface area contributed by atoms with Gasteiger partial charge in [-0.05, 0) is 54.5 Å². The van der Waals surface area contributed by atoms with Gasteiger partial charge in [-0.25, -0.2) is 9.18 Å². The standard InChI is InChI=1S/C21H18FN2O2S.C3H9N.K/c1-23-18-12-19(24(2)14-6-4-3-5-7-14)20(27)11-15(18)13-8-9-17(22)16(10-13)21(25)26;1-2-3-4;/h3-12,23,27H,2H2,1H3,(H,25,26);2-4H2,1H3;/q-1;;+1/p-1. The number of halogens is 1. The van der Waals surface area contributed by atoms with E-state index in [1.54, 1.807) is 18.0 Å². The van der Waals surface area contributed by atoms with Gasteiger partial charge in [0.2, 0.25) is 0 Å². The molecule has 0 aliphatic carbocycles. The van der Waals surface area contributed by atoms with Crippen molar-refractivity contribution in [3.63, 3.8) is 0 Å². The van der Waals surface area contributed by atoms with E-state index in [0.29, 0.717) is 16.0 Å². The maximum atomic E-state index is 13.7. The molecule has 3 aromatic carbocycles. The Morgan fingerprint density at radius 1 is 1.19 bits per heavy atom. The predicted octanol–water partition coefficient (Wildman–Crippen LogP) is 2.43. The third kappa shape index (κ3) is 7.24. The Bertz CT molecular complexity index is 1030. The number of hydrogen-bond acceptors (Lipinski definition) is 5. The van der Waals surface area contributed by atoms with Crippen LogP contribution in [0.2, 0.25) is 0 Å². The summed E-state index contributed by atoms with van der Waals surface area (Å²) in [6, 6.07) is 17.2. The first-order valence-corrected chi connectivity index (χ1v) is 10.2. The Kier molecular flexibility index (Phi) is 12.4. The van der Waals surface area contributed by atoms with Crippen LogP contribution in [0.1, 0.15) is 23.7 Å². The molecule has 0 aliphatic heterocycles. The second-order valence-corrected chi connectivity index (χ2v) is 7.11. The largest absolute Gasteiger partial charge is 1.00 e. The molecule has 164 valence electrons. The molecule has 0 bridgehead atoms. The summed E-state index contributed by atoms with van der Waals surface area (Å²) in [4.78, 5) is 13.5. The Morgan fingerprint density at radius 2 is 1.81 bits per heavy atom. The molecule has 0 amide bonds. The summed E-state index contributed by atoms with van der Waals surface area (Å²) in [6.45, 7) is 2.88. The van der Waals surface area contributed by atoms with E-state index in [9.17, 15) is 9.18 Å². The van der Waals surface area contributed by atoms with Crippen LogP contribution in [-0.2, 0) is 12.6 Å². The third-order valence-electron chi connectivity index (χ3n) is 4.52. The number of benzene rings is 3. The molecule has 8 heteroatoms. The smallest absolute Gasteiger partial charge is 0.778 e. The van der Waals surface area contributed by atoms with Gasteiger partial charge in [-0.15, -0.1) is 0 Å². The van der Waals surface area contributed by atoms with Gasteiger partial charge in [0, 0.05) is 24.0 Å². The second kappa shape index (κ2) is 13.9. The van der Waals surface area contributed by atoms with E-state index < -0.39 is 11.8 Å². The van der Waals surface area contributed by atoms with Crippen molar-refractivity contribution in [1.29, 1.82) is 0 Å². The molecule has 0 spiro atoms. The summed E-state index contributed by atoms with van der Waals surface area (Å²) in [7, 11) is 5.83. The number of rotatable bonds is 6. The monoisotopic (exact) mass is 478 g/mol. The van der Waals surface area contributed by atoms with Gasteiger partial charge >= 0.3 is 57.4 Å². The van der Waals surface area contributed by atoms with Crippen LogP contribution in [0.5, 0.6) is 0 Å². The van der Waals surface area contributed by atoms with Crippen LogP contribution in [0, 0.1) is 12.9 Å². The van der Waals surface area contributed by atoms with Crippen molar-refractivity contribution in [3.05, 3.63) is 79.1 Å². The first-order chi connectivity index (χ1) is 14.8. The zero-order valence-corrected chi connectivity index (χ0v) is 22.5. The summed E-state index contributed by atoms with van der Waals surface area (Å²) in [5.41, 5.74) is 8.23. The van der Waals surface area contributed by atoms with Crippen LogP contribution >= 0.6 is 0 Å². The van der Waals surface area contributed by atoms with Crippen molar-refractivity contribution in [2.45, 2.75) is 18.2 Å². The topological polar surface area (TPSA) is 78.6 Å². The SMILES string of the molecule is CCCN.[CH2-]N(c1ccccc1)c1cc(NC)c(-c2ccc(F)c(C(=O)O)c2)cc1[S-].[K+]. The van der Waals surface area contributed by atoms with Gasteiger partial charge in [0.25, 0.3) is 0 Å². The zero-order valence-electron chi connectivity index (χ0n) is 18.6. The Balaban J connectivity index is 0.000000945. The number of aromatic carboxylic acids is 1. The maximum Gasteiger partial charge on any atom is 1.00 e. The zero-order chi connectivity index (χ0) is 23.0. The second-order valence-electron chi connectivity index (χ2n) is 6.67. The summed E-state index contributed by atoms with van der Waals surface area (Å²) in [5, 5.41) is 12.3. The van der Waals surface area contributed by atoms with Crippen molar-refractivity contribution < 1.29 is 65.7 Å². The van der Waals surface area contributed by atoms with Crippen molar-refractivity contribution in [2.75, 3.05) is 23.8 Å². The molecule has 0 radical (unpaired) electrons. The van der Waals surface area contributed by atoms with Gasteiger partial charge in [-0.1, -0.05) is 37.3 Å². The molecule has 0 aliphatic rings. The molecule has 0 saturated heterocycles. The fraction of sp³-hybridized carbons (Fsp3) is 0.167. The number of anilines is 3. The Labute approximate surface area is 237 Å². The number of nitrogens with zero attached hydrogens (tertiary/aromatic N) is 1. The van der Waals surface area contributed by atoms with Gasteiger partial charge in [-0.2, -0.15) is 4.90 Å². The minimum absolute atomic E-state index is 0. The molecule has 0 atom stereocenters. The number of hydrogen-bond donors (Lipinski definition) is 3. The van der Waals surface area contributed by atoms with Crippen LogP contribution in [0.4, 0.5) is 21.5 Å². The van der Waals surface area contributed by atoms with E-state index in [1.165, 1.54) is 12.1 Å². The molecule has 0 heterocycles. The number of nitrogens with one attached hydrogen (secondary N) is 1. The molecule has 0 saturated carbocycles. The number of para-hydroxylation sites is 1. The number of nitrogens with two attached hydrogens (primary N) is 1. The average molecular weight is 479 g/mol. The molecule has 3 rings (SSSR count). The van der Waals surface area contributed by atoms with Crippen LogP contribution in [-0.4, -0.2) is 24.7 Å². The molecular weight excluding hydrogens is 452 g/mol. The first-order valence-electron chi connectivity index (χ1n) is 9.75. The van der Waals surface area contributed by atoms with E-state index in [2.05, 4.69) is 19.3 Å². The van der Waals surface area contributed by atoms with E-state index in [-0.39, 0.29) is 56.9 Å². The van der Waals surface area contributed by atoms with E-state index in [0.717, 1.165) is 36.1 Å². The quantitative estimate of drug-likeness (QED) is 0.287. The van der Waals surface area contributed by atoms with Gasteiger partial charge in [0.15, 0.2) is 0 Å². The molecule has 0 aromatic heterocycles. The van der Waals surface area contributed by atoms with Gasteiger partial charge in [-0.3, -0.25) is 7.05 Å². The fourth-order valence-corrected chi connectivity index (χ4v) is 3.12. The van der Waals surface area contributed by atoms with E-state index in [1.807, 2.05) is 36.4 Å². The summed E-state index contributed by atoms with van der Waals surface area (Å²) in [5.74, 6) is -2.09. The van der Waals surface area contributed by atoms with Crippen LogP contribution < -0.4 is 67.3 Å². The van der Waals surface area contributed by atoms with Gasteiger partial charge in [0.1, 0.15) is 5.82 Å². The van der Waals surface area contributed by atoms with Gasteiger partial charge < -0.3 is 33.7 Å². The Hall–Kier alpha value is -1.52. The van der Waals surface area contributed by atoms with E-state index in [4.69, 9.17) is 23.5 Å². The number of carboxylic acids is 1. The molecule has 0 fully saturated rings. The van der Waals surface area contributed by atoms with Crippen LogP contribution in [0.25, 0.3) is 11.1 Å². The third-order valence-corrected chi connectivity index (χ3v) is 4.85. The molecule has 0 unspecified atom stereocenters. The number of carbonyl (C=O) groups is 1. The summed E-state index contributed by atoms with van der Waals surface area (Å²) < 4.78 is 13.7. The maximum absolute atomic E-state index is 13.7.